The molecule has 0 aromatic heterocycles. The maximum Gasteiger partial charge on any atom is 0.254 e. The number of nitrogens with zero attached hydrogens (tertiary/aromatic N) is 2. The van der Waals surface area contributed by atoms with E-state index in [1.807, 2.05) is 23.1 Å². The van der Waals surface area contributed by atoms with Gasteiger partial charge in [0, 0.05) is 37.4 Å². The minimum absolute atomic E-state index is 0.0786. The van der Waals surface area contributed by atoms with Crippen molar-refractivity contribution in [1.82, 2.24) is 4.90 Å². The van der Waals surface area contributed by atoms with E-state index in [9.17, 15) is 4.79 Å². The van der Waals surface area contributed by atoms with Crippen molar-refractivity contribution >= 4 is 11.6 Å². The van der Waals surface area contributed by atoms with Crippen LogP contribution in [-0.4, -0.2) is 44.1 Å². The normalized spacial score (nSPS) is 14.6. The predicted molar refractivity (Wildman–Crippen MR) is 96.9 cm³/mol. The molecule has 1 amide bonds. The van der Waals surface area contributed by atoms with Gasteiger partial charge < -0.3 is 14.5 Å². The summed E-state index contributed by atoms with van der Waals surface area (Å²) in [5.74, 6) is 0.797. The Balaban J connectivity index is 1.62. The van der Waals surface area contributed by atoms with Gasteiger partial charge in [-0.25, -0.2) is 0 Å². The zero-order valence-corrected chi connectivity index (χ0v) is 14.4. The third-order valence-electron chi connectivity index (χ3n) is 4.59. The summed E-state index contributed by atoms with van der Waals surface area (Å²) in [6.45, 7) is 5.37. The van der Waals surface area contributed by atoms with Gasteiger partial charge in [0.1, 0.15) is 5.75 Å². The van der Waals surface area contributed by atoms with Gasteiger partial charge >= 0.3 is 0 Å². The van der Waals surface area contributed by atoms with Gasteiger partial charge in [-0.1, -0.05) is 25.1 Å². The van der Waals surface area contributed by atoms with Gasteiger partial charge in [-0.15, -0.1) is 0 Å². The minimum Gasteiger partial charge on any atom is -0.497 e. The van der Waals surface area contributed by atoms with Gasteiger partial charge in [-0.05, 0) is 42.3 Å². The van der Waals surface area contributed by atoms with E-state index in [2.05, 4.69) is 36.1 Å². The molecule has 3 rings (SSSR count). The van der Waals surface area contributed by atoms with Crippen LogP contribution in [0.1, 0.15) is 22.8 Å². The van der Waals surface area contributed by atoms with Crippen molar-refractivity contribution in [3.8, 4) is 5.75 Å². The van der Waals surface area contributed by atoms with Crippen LogP contribution in [0, 0.1) is 0 Å². The van der Waals surface area contributed by atoms with E-state index in [1.54, 1.807) is 13.2 Å². The number of methoxy groups -OCH3 is 1. The Morgan fingerprint density at radius 3 is 2.38 bits per heavy atom. The molecule has 126 valence electrons. The molecule has 2 aromatic carbocycles. The highest BCUT2D eigenvalue weighted by Gasteiger charge is 2.22. The van der Waals surface area contributed by atoms with E-state index in [1.165, 1.54) is 11.3 Å². The van der Waals surface area contributed by atoms with Crippen LogP contribution in [0.3, 0.4) is 0 Å². The first-order valence-corrected chi connectivity index (χ1v) is 8.48. The lowest BCUT2D eigenvalue weighted by Crippen LogP contribution is -2.48. The molecule has 1 aliphatic heterocycles. The van der Waals surface area contributed by atoms with E-state index >= 15 is 0 Å². The Hall–Kier alpha value is -2.49. The van der Waals surface area contributed by atoms with Crippen molar-refractivity contribution in [3.05, 3.63) is 59.7 Å². The van der Waals surface area contributed by atoms with Crippen molar-refractivity contribution in [1.29, 1.82) is 0 Å². The second-order valence-corrected chi connectivity index (χ2v) is 6.03. The summed E-state index contributed by atoms with van der Waals surface area (Å²) < 4.78 is 5.21. The third kappa shape index (κ3) is 3.53. The number of hydrogen-bond donors (Lipinski definition) is 0. The monoisotopic (exact) mass is 324 g/mol. The second-order valence-electron chi connectivity index (χ2n) is 6.03. The molecule has 0 atom stereocenters. The first kappa shape index (κ1) is 16.4. The first-order chi connectivity index (χ1) is 11.7. The predicted octanol–water partition coefficient (Wildman–Crippen LogP) is 3.22. The fraction of sp³-hybridized carbons (Fsp3) is 0.350. The summed E-state index contributed by atoms with van der Waals surface area (Å²) in [6, 6.07) is 16.1. The smallest absolute Gasteiger partial charge is 0.254 e. The number of carbonyl (C=O) groups is 1. The lowest BCUT2D eigenvalue weighted by Gasteiger charge is -2.36. The summed E-state index contributed by atoms with van der Waals surface area (Å²) >= 11 is 0. The molecule has 0 spiro atoms. The average Bonchev–Trinajstić information content (AvgIpc) is 2.67. The summed E-state index contributed by atoms with van der Waals surface area (Å²) in [4.78, 5) is 16.9. The largest absolute Gasteiger partial charge is 0.497 e. The van der Waals surface area contributed by atoms with Crippen LogP contribution in [0.25, 0.3) is 0 Å². The van der Waals surface area contributed by atoms with Crippen LogP contribution in [-0.2, 0) is 6.42 Å². The molecule has 0 radical (unpaired) electrons. The standard InChI is InChI=1S/C20H24N2O2/c1-3-16-7-9-18(10-8-16)21-11-13-22(14-12-21)20(23)17-5-4-6-19(15-17)24-2/h4-10,15H,3,11-14H2,1-2H3. The van der Waals surface area contributed by atoms with Crippen LogP contribution < -0.4 is 9.64 Å². The SMILES string of the molecule is CCc1ccc(N2CCN(C(=O)c3cccc(OC)c3)CC2)cc1. The van der Waals surface area contributed by atoms with E-state index in [0.717, 1.165) is 38.3 Å². The van der Waals surface area contributed by atoms with Gasteiger partial charge in [0.25, 0.3) is 5.91 Å². The number of piperazine rings is 1. The van der Waals surface area contributed by atoms with Gasteiger partial charge in [-0.3, -0.25) is 4.79 Å². The number of carbonyl (C=O) groups excluding carboxylic acids is 1. The molecule has 1 saturated heterocycles. The number of ether oxygens (including phenoxy) is 1. The quantitative estimate of drug-likeness (QED) is 0.866. The summed E-state index contributed by atoms with van der Waals surface area (Å²) in [5, 5.41) is 0. The molecule has 0 unspecified atom stereocenters. The topological polar surface area (TPSA) is 32.8 Å². The van der Waals surface area contributed by atoms with Gasteiger partial charge in [0.2, 0.25) is 0 Å². The van der Waals surface area contributed by atoms with E-state index in [4.69, 9.17) is 4.74 Å². The second kappa shape index (κ2) is 7.39. The van der Waals surface area contributed by atoms with Gasteiger partial charge in [0.15, 0.2) is 0 Å². The van der Waals surface area contributed by atoms with Crippen LogP contribution in [0.4, 0.5) is 5.69 Å². The molecule has 0 N–H and O–H groups in total. The fourth-order valence-corrected chi connectivity index (χ4v) is 3.05. The van der Waals surface area contributed by atoms with Crippen LogP contribution >= 0.6 is 0 Å². The van der Waals surface area contributed by atoms with E-state index < -0.39 is 0 Å². The van der Waals surface area contributed by atoms with Crippen molar-refractivity contribution in [2.24, 2.45) is 0 Å². The Morgan fingerprint density at radius 1 is 1.04 bits per heavy atom. The lowest BCUT2D eigenvalue weighted by atomic mass is 10.1. The highest BCUT2D eigenvalue weighted by molar-refractivity contribution is 5.94. The minimum atomic E-state index is 0.0786. The molecule has 0 saturated carbocycles. The Morgan fingerprint density at radius 2 is 1.75 bits per heavy atom. The molecule has 1 heterocycles. The molecule has 1 fully saturated rings. The van der Waals surface area contributed by atoms with E-state index in [-0.39, 0.29) is 5.91 Å². The molecule has 2 aromatic rings. The molecule has 24 heavy (non-hydrogen) atoms. The van der Waals surface area contributed by atoms with Crippen molar-refractivity contribution in [2.75, 3.05) is 38.2 Å². The zero-order chi connectivity index (χ0) is 16.9. The van der Waals surface area contributed by atoms with Crippen LogP contribution in [0.5, 0.6) is 5.75 Å². The summed E-state index contributed by atoms with van der Waals surface area (Å²) in [5.41, 5.74) is 3.28. The molecular weight excluding hydrogens is 300 g/mol. The highest BCUT2D eigenvalue weighted by atomic mass is 16.5. The molecule has 0 bridgehead atoms. The van der Waals surface area contributed by atoms with Crippen molar-refractivity contribution in [3.63, 3.8) is 0 Å². The average molecular weight is 324 g/mol. The maximum atomic E-state index is 12.6. The third-order valence-corrected chi connectivity index (χ3v) is 4.59. The Bertz CT molecular complexity index is 689. The number of rotatable bonds is 4. The molecule has 0 aliphatic carbocycles. The van der Waals surface area contributed by atoms with Crippen molar-refractivity contribution < 1.29 is 9.53 Å². The molecule has 4 nitrogen and oxygen atoms in total. The van der Waals surface area contributed by atoms with E-state index in [0.29, 0.717) is 5.56 Å². The molecule has 4 heteroatoms. The lowest BCUT2D eigenvalue weighted by molar-refractivity contribution is 0.0746. The first-order valence-electron chi connectivity index (χ1n) is 8.48. The van der Waals surface area contributed by atoms with Crippen molar-refractivity contribution in [2.45, 2.75) is 13.3 Å². The zero-order valence-electron chi connectivity index (χ0n) is 14.4. The Labute approximate surface area is 143 Å². The Kier molecular flexibility index (Phi) is 5.04. The number of amides is 1. The molecular formula is C20H24N2O2. The number of anilines is 1. The van der Waals surface area contributed by atoms with Crippen LogP contribution in [0.15, 0.2) is 48.5 Å². The van der Waals surface area contributed by atoms with Crippen LogP contribution in [0.2, 0.25) is 0 Å². The van der Waals surface area contributed by atoms with Gasteiger partial charge in [0.05, 0.1) is 7.11 Å². The number of aryl methyl sites for hydroxylation is 1. The number of hydrogen-bond acceptors (Lipinski definition) is 3. The molecule has 1 aliphatic rings. The van der Waals surface area contributed by atoms with Gasteiger partial charge in [-0.2, -0.15) is 0 Å². The fourth-order valence-electron chi connectivity index (χ4n) is 3.05. The number of benzene rings is 2. The maximum absolute atomic E-state index is 12.6. The highest BCUT2D eigenvalue weighted by Crippen LogP contribution is 2.19. The summed E-state index contributed by atoms with van der Waals surface area (Å²) in [6.07, 6.45) is 1.06. The summed E-state index contributed by atoms with van der Waals surface area (Å²) in [7, 11) is 1.62.